The molecule has 54 heavy (non-hydrogen) atoms. The van der Waals surface area contributed by atoms with Crippen LogP contribution in [0.5, 0.6) is 11.5 Å². The minimum Gasteiger partial charge on any atom is -0.508 e. The van der Waals surface area contributed by atoms with E-state index in [9.17, 15) is 10.2 Å². The quantitative estimate of drug-likeness (QED) is 0.192. The highest BCUT2D eigenvalue weighted by atomic mass is 16.3. The van der Waals surface area contributed by atoms with Gasteiger partial charge in [-0.1, -0.05) is 182 Å². The van der Waals surface area contributed by atoms with E-state index in [1.54, 1.807) is 24.3 Å². The van der Waals surface area contributed by atoms with Crippen molar-refractivity contribution in [3.63, 3.8) is 0 Å². The van der Waals surface area contributed by atoms with E-state index in [1.165, 1.54) is 62.6 Å². The highest BCUT2D eigenvalue weighted by Gasteiger charge is 2.45. The summed E-state index contributed by atoms with van der Waals surface area (Å²) in [6.45, 7) is 12.5. The lowest BCUT2D eigenvalue weighted by molar-refractivity contribution is 0.475. The van der Waals surface area contributed by atoms with E-state index in [0.29, 0.717) is 0 Å². The average Bonchev–Trinajstić information content (AvgIpc) is 3.72. The van der Waals surface area contributed by atoms with E-state index in [4.69, 9.17) is 0 Å². The second kappa shape index (κ2) is 18.6. The van der Waals surface area contributed by atoms with Crippen LogP contribution in [0.2, 0.25) is 0 Å². The number of aromatic nitrogens is 1. The van der Waals surface area contributed by atoms with Crippen LogP contribution in [0.25, 0.3) is 38.6 Å². The third kappa shape index (κ3) is 7.68. The van der Waals surface area contributed by atoms with E-state index >= 15 is 0 Å². The first kappa shape index (κ1) is 39.2. The molecule has 1 aliphatic carbocycles. The Morgan fingerprint density at radius 3 is 1.15 bits per heavy atom. The maximum Gasteiger partial charge on any atom is 0.115 e. The molecule has 1 aliphatic rings. The van der Waals surface area contributed by atoms with Crippen molar-refractivity contribution in [2.45, 2.75) is 59.8 Å². The van der Waals surface area contributed by atoms with Crippen LogP contribution in [-0.4, -0.2) is 14.8 Å². The number of nitrogens with zero attached hydrogens (tertiary/aromatic N) is 1. The van der Waals surface area contributed by atoms with Crippen LogP contribution in [0.3, 0.4) is 0 Å². The predicted molar refractivity (Wildman–Crippen MR) is 231 cm³/mol. The van der Waals surface area contributed by atoms with E-state index in [0.717, 1.165) is 11.1 Å². The fraction of sp³-hybridized carbons (Fsp3) is 0.176. The molecule has 1 heterocycles. The van der Waals surface area contributed by atoms with Crippen molar-refractivity contribution in [3.8, 4) is 28.3 Å². The van der Waals surface area contributed by atoms with Crippen molar-refractivity contribution in [1.82, 2.24) is 4.57 Å². The van der Waals surface area contributed by atoms with E-state index in [2.05, 4.69) is 160 Å². The van der Waals surface area contributed by atoms with Gasteiger partial charge in [-0.3, -0.25) is 0 Å². The summed E-state index contributed by atoms with van der Waals surface area (Å²) in [5.41, 5.74) is 10.3. The number of para-hydroxylation sites is 3. The third-order valence-corrected chi connectivity index (χ3v) is 9.15. The molecule has 3 nitrogen and oxygen atoms in total. The molecule has 0 bridgehead atoms. The summed E-state index contributed by atoms with van der Waals surface area (Å²) in [4.78, 5) is 0. The summed E-state index contributed by atoms with van der Waals surface area (Å²) >= 11 is 0. The fourth-order valence-corrected chi connectivity index (χ4v) is 7.22. The molecule has 7 aromatic carbocycles. The Morgan fingerprint density at radius 2 is 0.741 bits per heavy atom. The Labute approximate surface area is 321 Å². The Kier molecular flexibility index (Phi) is 13.5. The summed E-state index contributed by atoms with van der Waals surface area (Å²) in [7, 11) is 0. The van der Waals surface area contributed by atoms with Crippen molar-refractivity contribution in [2.24, 2.45) is 0 Å². The zero-order valence-electron chi connectivity index (χ0n) is 32.5. The fourth-order valence-electron chi connectivity index (χ4n) is 7.22. The number of rotatable bonds is 3. The number of hydrogen-bond donors (Lipinski definition) is 2. The molecule has 0 aliphatic heterocycles. The number of aromatic hydroxyl groups is 2. The van der Waals surface area contributed by atoms with Crippen molar-refractivity contribution in [3.05, 3.63) is 198 Å². The molecule has 0 unspecified atom stereocenters. The Hall–Kier alpha value is -6.06. The first-order valence-corrected chi connectivity index (χ1v) is 19.3. The van der Waals surface area contributed by atoms with Gasteiger partial charge < -0.3 is 14.8 Å². The normalized spacial score (nSPS) is 11.6. The lowest BCUT2D eigenvalue weighted by Gasteiger charge is -2.33. The van der Waals surface area contributed by atoms with Crippen LogP contribution in [0.1, 0.15) is 76.6 Å². The summed E-state index contributed by atoms with van der Waals surface area (Å²) in [5.74, 6) is 0.498. The Bertz CT molecular complexity index is 2210. The number of benzene rings is 7. The first-order chi connectivity index (χ1) is 26.5. The molecule has 0 atom stereocenters. The molecule has 1 aromatic heterocycles. The van der Waals surface area contributed by atoms with Gasteiger partial charge in [0.05, 0.1) is 16.4 Å². The van der Waals surface area contributed by atoms with Gasteiger partial charge in [0.25, 0.3) is 0 Å². The predicted octanol–water partition coefficient (Wildman–Crippen LogP) is 14.1. The summed E-state index contributed by atoms with van der Waals surface area (Å²) in [6, 6.07) is 59.5. The van der Waals surface area contributed by atoms with Crippen molar-refractivity contribution in [1.29, 1.82) is 0 Å². The lowest BCUT2D eigenvalue weighted by Crippen LogP contribution is -2.28. The van der Waals surface area contributed by atoms with E-state index < -0.39 is 5.41 Å². The molecule has 0 spiro atoms. The van der Waals surface area contributed by atoms with Crippen molar-refractivity contribution in [2.75, 3.05) is 0 Å². The number of hydrogen-bond acceptors (Lipinski definition) is 2. The minimum atomic E-state index is -0.491. The van der Waals surface area contributed by atoms with Gasteiger partial charge in [0.1, 0.15) is 11.5 Å². The van der Waals surface area contributed by atoms with Gasteiger partial charge in [-0.25, -0.2) is 0 Å². The molecule has 274 valence electrons. The number of fused-ring (bicyclic) bond motifs is 6. The molecule has 0 saturated carbocycles. The van der Waals surface area contributed by atoms with Crippen LogP contribution < -0.4 is 0 Å². The number of phenols is 2. The minimum absolute atomic E-state index is 0.249. The lowest BCUT2D eigenvalue weighted by atomic mass is 9.68. The Balaban J connectivity index is 0.000000181. The molecule has 0 saturated heterocycles. The topological polar surface area (TPSA) is 45.4 Å². The van der Waals surface area contributed by atoms with Crippen LogP contribution in [0.15, 0.2) is 176 Å². The molecule has 8 aromatic rings. The van der Waals surface area contributed by atoms with Crippen LogP contribution in [0.4, 0.5) is 0 Å². The van der Waals surface area contributed by atoms with Gasteiger partial charge in [-0.05, 0) is 81.9 Å². The first-order valence-electron chi connectivity index (χ1n) is 19.3. The molecular weight excluding hydrogens is 659 g/mol. The monoisotopic (exact) mass is 711 g/mol. The summed E-state index contributed by atoms with van der Waals surface area (Å²) < 4.78 is 2.32. The van der Waals surface area contributed by atoms with Gasteiger partial charge in [0, 0.05) is 16.5 Å². The SMILES string of the molecule is CC.CCC.CCC.Oc1ccc(C2(c3ccc(O)cc3)c3ccccc3-c3ccccc32)cc1.c1ccc(-n2c3ccccc3c3ccccc32)cc1. The second-order valence-electron chi connectivity index (χ2n) is 13.1. The maximum atomic E-state index is 9.85. The molecule has 2 N–H and O–H groups in total. The number of phenolic OH excluding ortho intramolecular Hbond substituents is 2. The summed E-state index contributed by atoms with van der Waals surface area (Å²) in [6.07, 6.45) is 2.50. The largest absolute Gasteiger partial charge is 0.508 e. The van der Waals surface area contributed by atoms with Crippen molar-refractivity contribution < 1.29 is 10.2 Å². The van der Waals surface area contributed by atoms with E-state index in [1.807, 2.05) is 38.1 Å². The summed E-state index contributed by atoms with van der Waals surface area (Å²) in [5, 5.41) is 22.3. The third-order valence-electron chi connectivity index (χ3n) is 9.15. The van der Waals surface area contributed by atoms with E-state index in [-0.39, 0.29) is 11.5 Å². The maximum absolute atomic E-state index is 9.85. The molecule has 0 fully saturated rings. The molecule has 3 heteroatoms. The van der Waals surface area contributed by atoms with Gasteiger partial charge in [0.2, 0.25) is 0 Å². The Morgan fingerprint density at radius 1 is 0.407 bits per heavy atom. The van der Waals surface area contributed by atoms with Gasteiger partial charge in [-0.15, -0.1) is 0 Å². The van der Waals surface area contributed by atoms with Crippen molar-refractivity contribution >= 4 is 21.8 Å². The van der Waals surface area contributed by atoms with Gasteiger partial charge in [0.15, 0.2) is 0 Å². The molecule has 0 radical (unpaired) electrons. The zero-order chi connectivity index (χ0) is 38.5. The smallest absolute Gasteiger partial charge is 0.115 e. The standard InChI is InChI=1S/C25H18O2.C18H13N.2C3H8.C2H6/c26-19-13-9-17(10-14-19)25(18-11-15-20(27)16-12-18)23-7-3-1-5-21(23)22-6-2-4-8-24(22)25;1-2-8-14(9-3-1)19-17-12-6-4-10-15(17)16-11-5-7-13-18(16)19;2*1-3-2;1-2/h1-16,26-27H;1-13H;2*3H2,1-2H3;1-2H3. The van der Waals surface area contributed by atoms with Gasteiger partial charge in [-0.2, -0.15) is 0 Å². The van der Waals surface area contributed by atoms with Crippen LogP contribution in [0, 0.1) is 0 Å². The van der Waals surface area contributed by atoms with Crippen LogP contribution >= 0.6 is 0 Å². The second-order valence-corrected chi connectivity index (χ2v) is 13.1. The van der Waals surface area contributed by atoms with Gasteiger partial charge >= 0.3 is 0 Å². The average molecular weight is 712 g/mol. The molecule has 0 amide bonds. The highest BCUT2D eigenvalue weighted by molar-refractivity contribution is 6.09. The highest BCUT2D eigenvalue weighted by Crippen LogP contribution is 2.56. The van der Waals surface area contributed by atoms with Crippen LogP contribution in [-0.2, 0) is 5.41 Å². The molecule has 9 rings (SSSR count). The zero-order valence-corrected chi connectivity index (χ0v) is 32.5. The molecular formula is C51H53NO2.